The van der Waals surface area contributed by atoms with Crippen molar-refractivity contribution in [2.45, 2.75) is 13.3 Å². The lowest BCUT2D eigenvalue weighted by Crippen LogP contribution is -2.40. The highest BCUT2D eigenvalue weighted by molar-refractivity contribution is 5.50. The molecule has 1 aromatic carbocycles. The molecule has 2 rings (SSSR count). The van der Waals surface area contributed by atoms with Crippen LogP contribution in [0.2, 0.25) is 0 Å². The van der Waals surface area contributed by atoms with Crippen LogP contribution in [0.15, 0.2) is 24.3 Å². The van der Waals surface area contributed by atoms with E-state index >= 15 is 0 Å². The number of hydrogen-bond donors (Lipinski definition) is 1. The zero-order valence-corrected chi connectivity index (χ0v) is 8.79. The number of para-hydroxylation sites is 1. The van der Waals surface area contributed by atoms with Gasteiger partial charge in [0, 0.05) is 18.8 Å². The highest BCUT2D eigenvalue weighted by atomic mass is 15.2. The third-order valence-electron chi connectivity index (χ3n) is 2.84. The molecule has 0 saturated carbocycles. The zero-order chi connectivity index (χ0) is 9.80. The van der Waals surface area contributed by atoms with Crippen molar-refractivity contribution < 1.29 is 0 Å². The summed E-state index contributed by atoms with van der Waals surface area (Å²) >= 11 is 0. The van der Waals surface area contributed by atoms with Crippen LogP contribution >= 0.6 is 0 Å². The minimum atomic E-state index is 1.06. The molecule has 0 unspecified atom stereocenters. The molecule has 1 aliphatic rings. The normalized spacial score (nSPS) is 16.4. The van der Waals surface area contributed by atoms with Gasteiger partial charge in [0.2, 0.25) is 0 Å². The summed E-state index contributed by atoms with van der Waals surface area (Å²) in [6, 6.07) is 8.45. The Morgan fingerprint density at radius 1 is 1.29 bits per heavy atom. The van der Waals surface area contributed by atoms with Gasteiger partial charge in [0.15, 0.2) is 0 Å². The highest BCUT2D eigenvalue weighted by Crippen LogP contribution is 2.13. The zero-order valence-electron chi connectivity index (χ0n) is 8.79. The first kappa shape index (κ1) is 9.53. The Morgan fingerprint density at radius 2 is 2.07 bits per heavy atom. The first-order valence-corrected chi connectivity index (χ1v) is 5.38. The third-order valence-corrected chi connectivity index (χ3v) is 2.84. The van der Waals surface area contributed by atoms with Gasteiger partial charge in [0.05, 0.1) is 0 Å². The van der Waals surface area contributed by atoms with E-state index in [-0.39, 0.29) is 0 Å². The van der Waals surface area contributed by atoms with Crippen molar-refractivity contribution in [3.05, 3.63) is 29.8 Å². The molecule has 1 heterocycles. The van der Waals surface area contributed by atoms with Gasteiger partial charge in [-0.25, -0.2) is 0 Å². The van der Waals surface area contributed by atoms with Crippen molar-refractivity contribution >= 4 is 5.69 Å². The Labute approximate surface area is 85.9 Å². The summed E-state index contributed by atoms with van der Waals surface area (Å²) < 4.78 is 0. The number of hydrogen-bond acceptors (Lipinski definition) is 2. The lowest BCUT2D eigenvalue weighted by molar-refractivity contribution is 0.189. The molecule has 76 valence electrons. The summed E-state index contributed by atoms with van der Waals surface area (Å²) in [6.07, 6.45) is 1.38. The van der Waals surface area contributed by atoms with Crippen LogP contribution in [0.4, 0.5) is 5.69 Å². The van der Waals surface area contributed by atoms with Crippen LogP contribution in [0.3, 0.4) is 0 Å². The predicted octanol–water partition coefficient (Wildman–Crippen LogP) is 2.11. The Bertz CT molecular complexity index is 292. The van der Waals surface area contributed by atoms with Crippen molar-refractivity contribution in [2.24, 2.45) is 0 Å². The van der Waals surface area contributed by atoms with Crippen LogP contribution < -0.4 is 5.32 Å². The van der Waals surface area contributed by atoms with Crippen molar-refractivity contribution in [3.8, 4) is 0 Å². The molecule has 1 fully saturated rings. The molecule has 1 saturated heterocycles. The standard InChI is InChI=1S/C12H18N2/c1-11-5-2-3-6-12(11)13-7-10-14-8-4-9-14/h2-3,5-6,13H,4,7-10H2,1H3. The summed E-state index contributed by atoms with van der Waals surface area (Å²) in [7, 11) is 0. The van der Waals surface area contributed by atoms with Gasteiger partial charge in [-0.05, 0) is 38.1 Å². The average molecular weight is 190 g/mol. The summed E-state index contributed by atoms with van der Waals surface area (Å²) in [5, 5.41) is 3.47. The van der Waals surface area contributed by atoms with Crippen LogP contribution in [0.25, 0.3) is 0 Å². The first-order chi connectivity index (χ1) is 6.86. The van der Waals surface area contributed by atoms with Crippen molar-refractivity contribution in [1.29, 1.82) is 0 Å². The van der Waals surface area contributed by atoms with E-state index in [1.165, 1.54) is 37.3 Å². The maximum atomic E-state index is 3.47. The fraction of sp³-hybridized carbons (Fsp3) is 0.500. The van der Waals surface area contributed by atoms with Crippen LogP contribution in [0.1, 0.15) is 12.0 Å². The van der Waals surface area contributed by atoms with E-state index in [0.717, 1.165) is 6.54 Å². The molecule has 0 aliphatic carbocycles. The van der Waals surface area contributed by atoms with Crippen LogP contribution in [0, 0.1) is 6.92 Å². The van der Waals surface area contributed by atoms with E-state index in [1.807, 2.05) is 0 Å². The average Bonchev–Trinajstić information content (AvgIpc) is 2.12. The minimum Gasteiger partial charge on any atom is -0.384 e. The van der Waals surface area contributed by atoms with E-state index < -0.39 is 0 Å². The monoisotopic (exact) mass is 190 g/mol. The lowest BCUT2D eigenvalue weighted by atomic mass is 10.2. The van der Waals surface area contributed by atoms with Crippen molar-refractivity contribution in [3.63, 3.8) is 0 Å². The molecule has 1 N–H and O–H groups in total. The number of benzene rings is 1. The Balaban J connectivity index is 1.76. The maximum absolute atomic E-state index is 3.47. The smallest absolute Gasteiger partial charge is 0.0370 e. The molecule has 0 aromatic heterocycles. The molecule has 1 aliphatic heterocycles. The fourth-order valence-electron chi connectivity index (χ4n) is 1.73. The van der Waals surface area contributed by atoms with E-state index in [4.69, 9.17) is 0 Å². The number of rotatable bonds is 4. The fourth-order valence-corrected chi connectivity index (χ4v) is 1.73. The molecule has 2 heteroatoms. The number of nitrogens with zero attached hydrogens (tertiary/aromatic N) is 1. The number of nitrogens with one attached hydrogen (secondary N) is 1. The van der Waals surface area contributed by atoms with Gasteiger partial charge in [-0.1, -0.05) is 18.2 Å². The number of anilines is 1. The van der Waals surface area contributed by atoms with E-state index in [1.54, 1.807) is 0 Å². The van der Waals surface area contributed by atoms with Gasteiger partial charge in [0.1, 0.15) is 0 Å². The molecule has 0 atom stereocenters. The van der Waals surface area contributed by atoms with Crippen molar-refractivity contribution in [2.75, 3.05) is 31.5 Å². The summed E-state index contributed by atoms with van der Waals surface area (Å²) in [5.41, 5.74) is 2.60. The van der Waals surface area contributed by atoms with Gasteiger partial charge in [-0.15, -0.1) is 0 Å². The second-order valence-electron chi connectivity index (χ2n) is 3.94. The van der Waals surface area contributed by atoms with Gasteiger partial charge >= 0.3 is 0 Å². The topological polar surface area (TPSA) is 15.3 Å². The van der Waals surface area contributed by atoms with Gasteiger partial charge in [-0.2, -0.15) is 0 Å². The van der Waals surface area contributed by atoms with Crippen molar-refractivity contribution in [1.82, 2.24) is 4.90 Å². The second-order valence-corrected chi connectivity index (χ2v) is 3.94. The Kier molecular flexibility index (Phi) is 3.04. The maximum Gasteiger partial charge on any atom is 0.0370 e. The van der Waals surface area contributed by atoms with Gasteiger partial charge in [0.25, 0.3) is 0 Å². The Morgan fingerprint density at radius 3 is 2.71 bits per heavy atom. The number of likely N-dealkylation sites (tertiary alicyclic amines) is 1. The van der Waals surface area contributed by atoms with E-state index in [0.29, 0.717) is 0 Å². The number of aryl methyl sites for hydroxylation is 1. The summed E-state index contributed by atoms with van der Waals surface area (Å²) in [4.78, 5) is 2.48. The second kappa shape index (κ2) is 4.47. The van der Waals surface area contributed by atoms with Crippen LogP contribution in [-0.4, -0.2) is 31.1 Å². The Hall–Kier alpha value is -1.02. The SMILES string of the molecule is Cc1ccccc1NCCN1CCC1. The minimum absolute atomic E-state index is 1.06. The highest BCUT2D eigenvalue weighted by Gasteiger charge is 2.12. The largest absolute Gasteiger partial charge is 0.384 e. The molecule has 0 bridgehead atoms. The van der Waals surface area contributed by atoms with Gasteiger partial charge in [-0.3, -0.25) is 0 Å². The van der Waals surface area contributed by atoms with Gasteiger partial charge < -0.3 is 10.2 Å². The molecule has 2 nitrogen and oxygen atoms in total. The predicted molar refractivity (Wildman–Crippen MR) is 60.7 cm³/mol. The lowest BCUT2D eigenvalue weighted by Gasteiger charge is -2.30. The summed E-state index contributed by atoms with van der Waals surface area (Å²) in [6.45, 7) is 6.95. The summed E-state index contributed by atoms with van der Waals surface area (Å²) in [5.74, 6) is 0. The molecule has 14 heavy (non-hydrogen) atoms. The molecule has 0 amide bonds. The molecular formula is C12H18N2. The molecular weight excluding hydrogens is 172 g/mol. The molecule has 1 aromatic rings. The molecule has 0 spiro atoms. The van der Waals surface area contributed by atoms with Crippen LogP contribution in [-0.2, 0) is 0 Å². The third kappa shape index (κ3) is 2.26. The van der Waals surface area contributed by atoms with E-state index in [9.17, 15) is 0 Å². The molecule has 0 radical (unpaired) electrons. The quantitative estimate of drug-likeness (QED) is 0.782. The van der Waals surface area contributed by atoms with E-state index in [2.05, 4.69) is 41.4 Å². The first-order valence-electron chi connectivity index (χ1n) is 5.38. The van der Waals surface area contributed by atoms with Crippen LogP contribution in [0.5, 0.6) is 0 Å².